The fourth-order valence-electron chi connectivity index (χ4n) is 4.50. The van der Waals surface area contributed by atoms with Crippen LogP contribution in [0.15, 0.2) is 60.9 Å². The Bertz CT molecular complexity index is 1630. The van der Waals surface area contributed by atoms with Gasteiger partial charge in [-0.15, -0.1) is 5.10 Å². The predicted octanol–water partition coefficient (Wildman–Crippen LogP) is 4.04. The number of hydrogen-bond donors (Lipinski definition) is 3. The Morgan fingerprint density at radius 3 is 2.95 bits per heavy atom. The van der Waals surface area contributed by atoms with Crippen LogP contribution in [0.3, 0.4) is 0 Å². The number of ether oxygens (including phenoxy) is 2. The molecule has 11 heteroatoms. The molecule has 3 N–H and O–H groups in total. The van der Waals surface area contributed by atoms with Gasteiger partial charge in [-0.2, -0.15) is 0 Å². The van der Waals surface area contributed by atoms with Gasteiger partial charge in [0.05, 0.1) is 41.5 Å². The zero-order chi connectivity index (χ0) is 25.4. The lowest BCUT2D eigenvalue weighted by molar-refractivity contribution is 0.0947. The van der Waals surface area contributed by atoms with Crippen LogP contribution in [0.1, 0.15) is 16.1 Å². The maximum atomic E-state index is 14.4. The topological polar surface area (TPSA) is 119 Å². The molecule has 1 aliphatic rings. The summed E-state index contributed by atoms with van der Waals surface area (Å²) < 4.78 is 27.5. The molecule has 6 rings (SSSR count). The molecule has 0 saturated heterocycles. The van der Waals surface area contributed by atoms with Crippen LogP contribution >= 0.6 is 0 Å². The molecule has 3 aromatic heterocycles. The lowest BCUT2D eigenvalue weighted by Crippen LogP contribution is -2.31. The van der Waals surface area contributed by atoms with E-state index in [1.807, 2.05) is 24.3 Å². The number of para-hydroxylation sites is 2. The predicted molar refractivity (Wildman–Crippen MR) is 134 cm³/mol. The number of halogens is 1. The van der Waals surface area contributed by atoms with Crippen molar-refractivity contribution in [3.63, 3.8) is 0 Å². The zero-order valence-electron chi connectivity index (χ0n) is 19.8. The normalized spacial score (nSPS) is 12.8. The average molecular weight is 500 g/mol. The maximum absolute atomic E-state index is 14.4. The molecule has 2 aromatic carbocycles. The van der Waals surface area contributed by atoms with E-state index in [1.165, 1.54) is 13.2 Å². The van der Waals surface area contributed by atoms with Crippen molar-refractivity contribution in [3.05, 3.63) is 78.0 Å². The molecule has 1 amide bonds. The van der Waals surface area contributed by atoms with E-state index in [4.69, 9.17) is 9.47 Å². The van der Waals surface area contributed by atoms with Gasteiger partial charge >= 0.3 is 0 Å². The number of carbonyl (C=O) groups is 1. The fraction of sp³-hybridized carbons (Fsp3) is 0.154. The number of nitrogens with zero attached hydrogens (tertiary/aromatic N) is 4. The molecule has 186 valence electrons. The number of pyridine rings is 1. The van der Waals surface area contributed by atoms with E-state index in [9.17, 15) is 9.18 Å². The van der Waals surface area contributed by atoms with Crippen LogP contribution in [0.25, 0.3) is 22.3 Å². The number of benzene rings is 2. The number of amides is 1. The van der Waals surface area contributed by atoms with E-state index in [1.54, 1.807) is 35.3 Å². The molecule has 0 saturated carbocycles. The Kier molecular flexibility index (Phi) is 5.64. The summed E-state index contributed by atoms with van der Waals surface area (Å²) in [6.07, 6.45) is 3.85. The van der Waals surface area contributed by atoms with Crippen molar-refractivity contribution >= 4 is 28.3 Å². The number of anilines is 2. The minimum absolute atomic E-state index is 0.0453. The third-order valence-electron chi connectivity index (χ3n) is 6.21. The van der Waals surface area contributed by atoms with Crippen molar-refractivity contribution in [2.75, 3.05) is 19.0 Å². The molecule has 0 bridgehead atoms. The summed E-state index contributed by atoms with van der Waals surface area (Å²) in [5.74, 6) is -0.234. The second kappa shape index (κ2) is 9.26. The Morgan fingerprint density at radius 2 is 2.05 bits per heavy atom. The van der Waals surface area contributed by atoms with Crippen molar-refractivity contribution in [3.8, 4) is 22.8 Å². The van der Waals surface area contributed by atoms with E-state index in [0.29, 0.717) is 46.9 Å². The minimum Gasteiger partial charge on any atom is -0.492 e. The van der Waals surface area contributed by atoms with Crippen molar-refractivity contribution in [2.45, 2.75) is 13.2 Å². The zero-order valence-corrected chi connectivity index (χ0v) is 19.8. The van der Waals surface area contributed by atoms with Crippen LogP contribution in [0.2, 0.25) is 0 Å². The van der Waals surface area contributed by atoms with E-state index in [-0.39, 0.29) is 18.4 Å². The summed E-state index contributed by atoms with van der Waals surface area (Å²) in [6.45, 7) is 0.605. The number of aromatic nitrogens is 5. The van der Waals surface area contributed by atoms with E-state index < -0.39 is 5.82 Å². The Morgan fingerprint density at radius 1 is 1.16 bits per heavy atom. The molecule has 0 atom stereocenters. The third-order valence-corrected chi connectivity index (χ3v) is 6.21. The monoisotopic (exact) mass is 499 g/mol. The minimum atomic E-state index is -0.518. The van der Waals surface area contributed by atoms with Crippen molar-refractivity contribution in [1.29, 1.82) is 0 Å². The molecule has 37 heavy (non-hydrogen) atoms. The number of rotatable bonds is 7. The number of methoxy groups -OCH3 is 1. The number of fused-ring (bicyclic) bond motifs is 2. The lowest BCUT2D eigenvalue weighted by atomic mass is 10.0. The van der Waals surface area contributed by atoms with Crippen LogP contribution < -0.4 is 20.1 Å². The highest BCUT2D eigenvalue weighted by molar-refractivity contribution is 6.06. The molecule has 0 spiro atoms. The second-order valence-electron chi connectivity index (χ2n) is 8.40. The van der Waals surface area contributed by atoms with Gasteiger partial charge in [-0.05, 0) is 30.3 Å². The number of hydrogen-bond acceptors (Lipinski definition) is 7. The first-order valence-corrected chi connectivity index (χ1v) is 11.6. The van der Waals surface area contributed by atoms with Crippen molar-refractivity contribution in [2.24, 2.45) is 0 Å². The summed E-state index contributed by atoms with van der Waals surface area (Å²) in [4.78, 5) is 20.5. The number of aromatic amines is 1. The third kappa shape index (κ3) is 3.99. The van der Waals surface area contributed by atoms with Crippen molar-refractivity contribution in [1.82, 2.24) is 30.3 Å². The standard InChI is InChI=1S/C26H22FN7O3/c1-36-25-16(27)5-4-7-19(25)31-24-22-18(10-12-29-26(22)35)30-23(24)15-9-11-28-13-21(15)37-14-34-20-8-3-2-6-17(20)32-33-34/h2-9,11,13,30-31H,10,12,14H2,1H3,(H,29,35). The summed E-state index contributed by atoms with van der Waals surface area (Å²) >= 11 is 0. The molecule has 10 nitrogen and oxygen atoms in total. The van der Waals surface area contributed by atoms with Crippen LogP contribution in [0.4, 0.5) is 15.8 Å². The first-order valence-electron chi connectivity index (χ1n) is 11.6. The number of H-pyrrole nitrogens is 1. The smallest absolute Gasteiger partial charge is 0.255 e. The molecular weight excluding hydrogens is 477 g/mol. The average Bonchev–Trinajstić information content (AvgIpc) is 3.50. The lowest BCUT2D eigenvalue weighted by Gasteiger charge is -2.17. The molecule has 0 radical (unpaired) electrons. The molecule has 4 heterocycles. The van der Waals surface area contributed by atoms with E-state index >= 15 is 0 Å². The van der Waals surface area contributed by atoms with E-state index in [2.05, 4.69) is 30.9 Å². The Hall–Kier alpha value is -4.93. The highest BCUT2D eigenvalue weighted by atomic mass is 19.1. The van der Waals surface area contributed by atoms with Gasteiger partial charge in [-0.1, -0.05) is 23.4 Å². The van der Waals surface area contributed by atoms with Crippen LogP contribution in [0.5, 0.6) is 11.5 Å². The molecule has 5 aromatic rings. The molecule has 0 aliphatic carbocycles. The molecule has 1 aliphatic heterocycles. The fourth-order valence-corrected chi connectivity index (χ4v) is 4.50. The molecule has 0 unspecified atom stereocenters. The second-order valence-corrected chi connectivity index (χ2v) is 8.40. The maximum Gasteiger partial charge on any atom is 0.255 e. The van der Waals surface area contributed by atoms with Gasteiger partial charge in [-0.3, -0.25) is 9.78 Å². The highest BCUT2D eigenvalue weighted by Crippen LogP contribution is 2.42. The van der Waals surface area contributed by atoms with Gasteiger partial charge < -0.3 is 25.1 Å². The van der Waals surface area contributed by atoms with Gasteiger partial charge in [0, 0.05) is 30.4 Å². The number of nitrogens with one attached hydrogen (secondary N) is 3. The summed E-state index contributed by atoms with van der Waals surface area (Å²) in [5.41, 5.74) is 4.96. The first-order chi connectivity index (χ1) is 18.1. The van der Waals surface area contributed by atoms with Crippen LogP contribution in [0, 0.1) is 5.82 Å². The Balaban J connectivity index is 1.42. The largest absolute Gasteiger partial charge is 0.492 e. The molecule has 0 fully saturated rings. The Labute approximate surface area is 210 Å². The van der Waals surface area contributed by atoms with Gasteiger partial charge in [0.25, 0.3) is 5.91 Å². The van der Waals surface area contributed by atoms with Gasteiger partial charge in [0.15, 0.2) is 18.3 Å². The quantitative estimate of drug-likeness (QED) is 0.309. The van der Waals surface area contributed by atoms with Gasteiger partial charge in [0.1, 0.15) is 11.3 Å². The van der Waals surface area contributed by atoms with Crippen LogP contribution in [-0.4, -0.2) is 44.5 Å². The summed E-state index contributed by atoms with van der Waals surface area (Å²) in [7, 11) is 1.40. The van der Waals surface area contributed by atoms with E-state index in [0.717, 1.165) is 16.7 Å². The summed E-state index contributed by atoms with van der Waals surface area (Å²) in [6, 6.07) is 14.0. The van der Waals surface area contributed by atoms with Gasteiger partial charge in [0.2, 0.25) is 0 Å². The SMILES string of the molecule is COc1c(F)cccc1Nc1c(-c2ccncc2OCn2nnc3ccccc32)[nH]c2c1C(=O)NCC2. The highest BCUT2D eigenvalue weighted by Gasteiger charge is 2.29. The van der Waals surface area contributed by atoms with Crippen molar-refractivity contribution < 1.29 is 18.7 Å². The molecular formula is C26H22FN7O3. The van der Waals surface area contributed by atoms with Crippen LogP contribution in [-0.2, 0) is 13.2 Å². The summed E-state index contributed by atoms with van der Waals surface area (Å²) in [5, 5.41) is 14.4. The van der Waals surface area contributed by atoms with Gasteiger partial charge in [-0.25, -0.2) is 9.07 Å². The number of carbonyl (C=O) groups excluding carboxylic acids is 1. The first kappa shape index (κ1) is 22.5.